The van der Waals surface area contributed by atoms with Crippen LogP contribution in [0, 0.1) is 0 Å². The summed E-state index contributed by atoms with van der Waals surface area (Å²) in [7, 11) is 1.77. The van der Waals surface area contributed by atoms with E-state index in [2.05, 4.69) is 9.97 Å². The molecule has 2 rings (SSSR count). The van der Waals surface area contributed by atoms with E-state index in [-0.39, 0.29) is 18.3 Å². The van der Waals surface area contributed by atoms with E-state index in [0.29, 0.717) is 0 Å². The maximum atomic E-state index is 13.0. The lowest BCUT2D eigenvalue weighted by atomic mass is 10.1. The van der Waals surface area contributed by atoms with E-state index in [0.717, 1.165) is 11.6 Å². The third kappa shape index (κ3) is 3.78. The Hall–Kier alpha value is -1.95. The first kappa shape index (κ1) is 15.4. The van der Waals surface area contributed by atoms with E-state index >= 15 is 0 Å². The Morgan fingerprint density at radius 1 is 1.19 bits per heavy atom. The van der Waals surface area contributed by atoms with Crippen LogP contribution in [0.3, 0.4) is 0 Å². The van der Waals surface area contributed by atoms with E-state index < -0.39 is 11.7 Å². The van der Waals surface area contributed by atoms with Gasteiger partial charge in [0.25, 0.3) is 0 Å². The van der Waals surface area contributed by atoms with Gasteiger partial charge in [0.15, 0.2) is 0 Å². The Balaban J connectivity index is 2.19. The molecule has 0 saturated carbocycles. The summed E-state index contributed by atoms with van der Waals surface area (Å²) in [5.74, 6) is 0. The summed E-state index contributed by atoms with van der Waals surface area (Å²) in [6.07, 6.45) is 0.371. The molecule has 0 fully saturated rings. The van der Waals surface area contributed by atoms with Crippen molar-refractivity contribution in [3.05, 3.63) is 59.7 Å². The Morgan fingerprint density at radius 2 is 1.90 bits per heavy atom. The van der Waals surface area contributed by atoms with Crippen LogP contribution in [-0.4, -0.2) is 21.9 Å². The van der Waals surface area contributed by atoms with Crippen molar-refractivity contribution >= 4 is 0 Å². The van der Waals surface area contributed by atoms with Gasteiger partial charge in [-0.3, -0.25) is 14.9 Å². The van der Waals surface area contributed by atoms with Crippen LogP contribution in [-0.2, 0) is 12.7 Å². The average Bonchev–Trinajstić information content (AvgIpc) is 2.47. The predicted molar refractivity (Wildman–Crippen MR) is 73.4 cm³/mol. The molecule has 6 heteroatoms. The SMILES string of the molecule is C[C@@H](c1cccnc1)N(C)Cc1ncccc1C(F)(F)F. The van der Waals surface area contributed by atoms with E-state index in [9.17, 15) is 13.2 Å². The van der Waals surface area contributed by atoms with Crippen LogP contribution in [0.4, 0.5) is 13.2 Å². The van der Waals surface area contributed by atoms with Crippen molar-refractivity contribution in [2.24, 2.45) is 0 Å². The topological polar surface area (TPSA) is 29.0 Å². The highest BCUT2D eigenvalue weighted by atomic mass is 19.4. The molecular formula is C15H16F3N3. The molecular weight excluding hydrogens is 279 g/mol. The fourth-order valence-electron chi connectivity index (χ4n) is 2.07. The van der Waals surface area contributed by atoms with Crippen LogP contribution < -0.4 is 0 Å². The molecule has 21 heavy (non-hydrogen) atoms. The zero-order chi connectivity index (χ0) is 15.5. The standard InChI is InChI=1S/C15H16F3N3/c1-11(12-5-3-7-19-9-12)21(2)10-14-13(15(16,17)18)6-4-8-20-14/h3-9,11H,10H2,1-2H3/t11-/m0/s1. The predicted octanol–water partition coefficient (Wildman–Crippen LogP) is 3.69. The zero-order valence-electron chi connectivity index (χ0n) is 11.8. The van der Waals surface area contributed by atoms with Gasteiger partial charge in [0.1, 0.15) is 0 Å². The van der Waals surface area contributed by atoms with Gasteiger partial charge in [0, 0.05) is 31.2 Å². The molecule has 0 saturated heterocycles. The minimum absolute atomic E-state index is 0.0308. The molecule has 112 valence electrons. The molecule has 0 spiro atoms. The monoisotopic (exact) mass is 295 g/mol. The number of pyridine rings is 2. The van der Waals surface area contributed by atoms with Crippen LogP contribution in [0.1, 0.15) is 29.8 Å². The smallest absolute Gasteiger partial charge is 0.294 e. The van der Waals surface area contributed by atoms with Crippen molar-refractivity contribution in [1.82, 2.24) is 14.9 Å². The fourth-order valence-corrected chi connectivity index (χ4v) is 2.07. The quantitative estimate of drug-likeness (QED) is 0.861. The molecule has 0 aliphatic carbocycles. The summed E-state index contributed by atoms with van der Waals surface area (Å²) in [5, 5.41) is 0. The third-order valence-corrected chi connectivity index (χ3v) is 3.42. The summed E-state index contributed by atoms with van der Waals surface area (Å²) < 4.78 is 38.9. The lowest BCUT2D eigenvalue weighted by Crippen LogP contribution is -2.24. The van der Waals surface area contributed by atoms with E-state index in [1.807, 2.05) is 24.0 Å². The Kier molecular flexibility index (Phi) is 4.57. The van der Waals surface area contributed by atoms with Gasteiger partial charge < -0.3 is 0 Å². The summed E-state index contributed by atoms with van der Waals surface area (Å²) in [6.45, 7) is 2.04. The number of nitrogens with zero attached hydrogens (tertiary/aromatic N) is 3. The van der Waals surface area contributed by atoms with Gasteiger partial charge in [0.2, 0.25) is 0 Å². The van der Waals surface area contributed by atoms with Crippen LogP contribution >= 0.6 is 0 Å². The molecule has 2 heterocycles. The Bertz CT molecular complexity index is 584. The first-order valence-electron chi connectivity index (χ1n) is 6.51. The Labute approximate surface area is 121 Å². The van der Waals surface area contributed by atoms with Gasteiger partial charge in [-0.15, -0.1) is 0 Å². The van der Waals surface area contributed by atoms with Gasteiger partial charge >= 0.3 is 6.18 Å². The first-order valence-corrected chi connectivity index (χ1v) is 6.51. The molecule has 0 aliphatic heterocycles. The van der Waals surface area contributed by atoms with Crippen molar-refractivity contribution < 1.29 is 13.2 Å². The van der Waals surface area contributed by atoms with Crippen molar-refractivity contribution in [2.45, 2.75) is 25.7 Å². The van der Waals surface area contributed by atoms with Gasteiger partial charge in [-0.05, 0) is 37.7 Å². The zero-order valence-corrected chi connectivity index (χ0v) is 11.8. The van der Waals surface area contributed by atoms with E-state index in [1.165, 1.54) is 12.3 Å². The van der Waals surface area contributed by atoms with Crippen LogP contribution in [0.2, 0.25) is 0 Å². The number of halogens is 3. The highest BCUT2D eigenvalue weighted by Gasteiger charge is 2.34. The third-order valence-electron chi connectivity index (χ3n) is 3.42. The molecule has 0 unspecified atom stereocenters. The second kappa shape index (κ2) is 6.22. The summed E-state index contributed by atoms with van der Waals surface area (Å²) in [4.78, 5) is 9.73. The molecule has 0 radical (unpaired) electrons. The minimum atomic E-state index is -4.39. The summed E-state index contributed by atoms with van der Waals surface area (Å²) in [5.41, 5.74) is 0.294. The molecule has 0 bridgehead atoms. The van der Waals surface area contributed by atoms with Gasteiger partial charge in [-0.2, -0.15) is 13.2 Å². The fraction of sp³-hybridized carbons (Fsp3) is 0.333. The molecule has 0 aliphatic rings. The average molecular weight is 295 g/mol. The van der Waals surface area contributed by atoms with Crippen molar-refractivity contribution in [1.29, 1.82) is 0 Å². The second-order valence-electron chi connectivity index (χ2n) is 4.87. The molecule has 0 aromatic carbocycles. The molecule has 0 N–H and O–H groups in total. The molecule has 0 amide bonds. The maximum Gasteiger partial charge on any atom is 0.418 e. The van der Waals surface area contributed by atoms with Crippen LogP contribution in [0.25, 0.3) is 0 Å². The lowest BCUT2D eigenvalue weighted by molar-refractivity contribution is -0.138. The number of hydrogen-bond donors (Lipinski definition) is 0. The van der Waals surface area contributed by atoms with E-state index in [4.69, 9.17) is 0 Å². The first-order chi connectivity index (χ1) is 9.89. The highest BCUT2D eigenvalue weighted by molar-refractivity contribution is 5.23. The van der Waals surface area contributed by atoms with Gasteiger partial charge in [-0.1, -0.05) is 6.07 Å². The molecule has 3 nitrogen and oxygen atoms in total. The van der Waals surface area contributed by atoms with Crippen molar-refractivity contribution in [3.63, 3.8) is 0 Å². The molecule has 1 atom stereocenters. The van der Waals surface area contributed by atoms with Gasteiger partial charge in [-0.25, -0.2) is 0 Å². The van der Waals surface area contributed by atoms with Crippen LogP contribution in [0.15, 0.2) is 42.9 Å². The molecule has 2 aromatic rings. The lowest BCUT2D eigenvalue weighted by Gasteiger charge is -2.25. The number of alkyl halides is 3. The second-order valence-corrected chi connectivity index (χ2v) is 4.87. The highest BCUT2D eigenvalue weighted by Crippen LogP contribution is 2.32. The number of rotatable bonds is 4. The Morgan fingerprint density at radius 3 is 2.52 bits per heavy atom. The largest absolute Gasteiger partial charge is 0.418 e. The molecule has 2 aromatic heterocycles. The summed E-state index contributed by atoms with van der Waals surface area (Å²) >= 11 is 0. The minimum Gasteiger partial charge on any atom is -0.294 e. The summed E-state index contributed by atoms with van der Waals surface area (Å²) in [6, 6.07) is 6.02. The van der Waals surface area contributed by atoms with Crippen molar-refractivity contribution in [3.8, 4) is 0 Å². The van der Waals surface area contributed by atoms with E-state index in [1.54, 1.807) is 19.4 Å². The van der Waals surface area contributed by atoms with Crippen LogP contribution in [0.5, 0.6) is 0 Å². The number of hydrogen-bond acceptors (Lipinski definition) is 3. The van der Waals surface area contributed by atoms with Crippen molar-refractivity contribution in [2.75, 3.05) is 7.05 Å². The maximum absolute atomic E-state index is 13.0. The number of aromatic nitrogens is 2. The van der Waals surface area contributed by atoms with Gasteiger partial charge in [0.05, 0.1) is 11.3 Å². The normalized spacial score (nSPS) is 13.4.